The van der Waals surface area contributed by atoms with Crippen LogP contribution < -0.4 is 4.74 Å². The number of benzene rings is 2. The molecule has 1 heterocycles. The highest BCUT2D eigenvalue weighted by molar-refractivity contribution is 7.99. The molecule has 4 nitrogen and oxygen atoms in total. The first-order valence-electron chi connectivity index (χ1n) is 8.61. The molecule has 0 aliphatic carbocycles. The smallest absolute Gasteiger partial charge is 0.315 e. The number of hydrogen-bond acceptors (Lipinski definition) is 5. The summed E-state index contributed by atoms with van der Waals surface area (Å²) in [6, 6.07) is 22.1. The Kier molecular flexibility index (Phi) is 6.88. The zero-order chi connectivity index (χ0) is 18.9. The summed E-state index contributed by atoms with van der Waals surface area (Å²) in [5, 5.41) is 0. The molecule has 1 aromatic heterocycles. The van der Waals surface area contributed by atoms with Crippen LogP contribution in [-0.2, 0) is 21.9 Å². The van der Waals surface area contributed by atoms with Gasteiger partial charge in [-0.25, -0.2) is 0 Å². The topological polar surface area (TPSA) is 48.4 Å². The second-order valence-corrected chi connectivity index (χ2v) is 6.90. The molecule has 138 valence electrons. The van der Waals surface area contributed by atoms with E-state index >= 15 is 0 Å². The Morgan fingerprint density at radius 3 is 2.59 bits per heavy atom. The van der Waals surface area contributed by atoms with Crippen molar-refractivity contribution < 1.29 is 14.3 Å². The maximum Gasteiger partial charge on any atom is 0.315 e. The van der Waals surface area contributed by atoms with E-state index in [1.165, 1.54) is 18.9 Å². The van der Waals surface area contributed by atoms with Gasteiger partial charge < -0.3 is 9.47 Å². The van der Waals surface area contributed by atoms with E-state index in [1.807, 2.05) is 42.5 Å². The third kappa shape index (κ3) is 5.86. The van der Waals surface area contributed by atoms with Crippen molar-refractivity contribution in [3.63, 3.8) is 0 Å². The van der Waals surface area contributed by atoms with Gasteiger partial charge in [-0.15, -0.1) is 11.8 Å². The van der Waals surface area contributed by atoms with Crippen LogP contribution in [0.15, 0.2) is 72.9 Å². The average Bonchev–Trinajstić information content (AvgIpc) is 2.73. The van der Waals surface area contributed by atoms with Crippen LogP contribution in [0.25, 0.3) is 11.3 Å². The van der Waals surface area contributed by atoms with Gasteiger partial charge in [0.1, 0.15) is 12.4 Å². The molecule has 0 N–H and O–H groups in total. The minimum Gasteiger partial charge on any atom is -0.489 e. The Hall–Kier alpha value is -2.79. The number of aromatic nitrogens is 1. The van der Waals surface area contributed by atoms with Crippen molar-refractivity contribution >= 4 is 17.7 Å². The Balaban J connectivity index is 1.54. The maximum atomic E-state index is 11.2. The first kappa shape index (κ1) is 19.0. The zero-order valence-corrected chi connectivity index (χ0v) is 15.9. The van der Waals surface area contributed by atoms with Crippen LogP contribution in [0.5, 0.6) is 5.75 Å². The van der Waals surface area contributed by atoms with Gasteiger partial charge in [-0.05, 0) is 35.4 Å². The molecule has 0 unspecified atom stereocenters. The van der Waals surface area contributed by atoms with Crippen molar-refractivity contribution in [1.29, 1.82) is 0 Å². The van der Waals surface area contributed by atoms with Gasteiger partial charge in [0.2, 0.25) is 0 Å². The minimum atomic E-state index is -0.207. The Bertz CT molecular complexity index is 866. The summed E-state index contributed by atoms with van der Waals surface area (Å²) in [4.78, 5) is 15.5. The molecule has 0 saturated carbocycles. The van der Waals surface area contributed by atoms with Gasteiger partial charge in [-0.2, -0.15) is 0 Å². The Morgan fingerprint density at radius 1 is 1.00 bits per heavy atom. The standard InChI is InChI=1S/C22H21NO3S/c1-25-22(24)16-27-15-18-5-4-6-20(13-18)26-14-17-8-10-19(11-9-17)21-7-2-3-12-23-21/h2-13H,14-16H2,1H3. The zero-order valence-electron chi connectivity index (χ0n) is 15.1. The van der Waals surface area contributed by atoms with Gasteiger partial charge in [0.25, 0.3) is 0 Å². The molecule has 0 bridgehead atoms. The molecule has 0 amide bonds. The van der Waals surface area contributed by atoms with Gasteiger partial charge >= 0.3 is 5.97 Å². The number of methoxy groups -OCH3 is 1. The summed E-state index contributed by atoms with van der Waals surface area (Å²) in [7, 11) is 1.40. The maximum absolute atomic E-state index is 11.2. The van der Waals surface area contributed by atoms with Gasteiger partial charge in [-0.1, -0.05) is 42.5 Å². The molecule has 0 saturated heterocycles. The highest BCUT2D eigenvalue weighted by Gasteiger charge is 2.03. The predicted octanol–water partition coefficient (Wildman–Crippen LogP) is 4.73. The third-order valence-corrected chi connectivity index (χ3v) is 4.91. The van der Waals surface area contributed by atoms with Crippen molar-refractivity contribution in [1.82, 2.24) is 4.98 Å². The number of rotatable bonds is 8. The lowest BCUT2D eigenvalue weighted by Gasteiger charge is -2.09. The molecular formula is C22H21NO3S. The molecule has 0 radical (unpaired) electrons. The number of nitrogens with zero attached hydrogens (tertiary/aromatic N) is 1. The fraction of sp³-hybridized carbons (Fsp3) is 0.182. The minimum absolute atomic E-state index is 0.207. The highest BCUT2D eigenvalue weighted by Crippen LogP contribution is 2.21. The lowest BCUT2D eigenvalue weighted by molar-refractivity contribution is -0.137. The number of carbonyl (C=O) groups excluding carboxylic acids is 1. The Labute approximate surface area is 163 Å². The predicted molar refractivity (Wildman–Crippen MR) is 109 cm³/mol. The van der Waals surface area contributed by atoms with E-state index in [-0.39, 0.29) is 5.97 Å². The molecule has 0 spiro atoms. The summed E-state index contributed by atoms with van der Waals surface area (Å²) >= 11 is 1.53. The first-order valence-corrected chi connectivity index (χ1v) is 9.77. The SMILES string of the molecule is COC(=O)CSCc1cccc(OCc2ccc(-c3ccccn3)cc2)c1. The molecule has 3 rings (SSSR count). The van der Waals surface area contributed by atoms with E-state index in [0.717, 1.165) is 33.9 Å². The molecule has 0 atom stereocenters. The summed E-state index contributed by atoms with van der Waals surface area (Å²) in [6.07, 6.45) is 1.79. The van der Waals surface area contributed by atoms with Gasteiger partial charge in [0.15, 0.2) is 0 Å². The van der Waals surface area contributed by atoms with Gasteiger partial charge in [0, 0.05) is 17.5 Å². The highest BCUT2D eigenvalue weighted by atomic mass is 32.2. The normalized spacial score (nSPS) is 10.4. The van der Waals surface area contributed by atoms with Crippen LogP contribution >= 0.6 is 11.8 Å². The number of ether oxygens (including phenoxy) is 2. The number of esters is 1. The quantitative estimate of drug-likeness (QED) is 0.529. The molecule has 0 aliphatic rings. The van der Waals surface area contributed by atoms with Crippen LogP contribution in [0, 0.1) is 0 Å². The van der Waals surface area contributed by atoms with E-state index in [9.17, 15) is 4.79 Å². The molecule has 3 aromatic rings. The lowest BCUT2D eigenvalue weighted by atomic mass is 10.1. The molecular weight excluding hydrogens is 358 g/mol. The number of thioether (sulfide) groups is 1. The van der Waals surface area contributed by atoms with Crippen LogP contribution in [-0.4, -0.2) is 23.8 Å². The van der Waals surface area contributed by atoms with E-state index in [2.05, 4.69) is 34.0 Å². The first-order chi connectivity index (χ1) is 13.2. The third-order valence-electron chi connectivity index (χ3n) is 3.93. The molecule has 5 heteroatoms. The van der Waals surface area contributed by atoms with Crippen LogP contribution in [0.4, 0.5) is 0 Å². The monoisotopic (exact) mass is 379 g/mol. The van der Waals surface area contributed by atoms with Crippen LogP contribution in [0.3, 0.4) is 0 Å². The van der Waals surface area contributed by atoms with Crippen molar-refractivity contribution in [3.8, 4) is 17.0 Å². The van der Waals surface area contributed by atoms with E-state index in [4.69, 9.17) is 4.74 Å². The van der Waals surface area contributed by atoms with E-state index in [0.29, 0.717) is 12.4 Å². The van der Waals surface area contributed by atoms with Crippen molar-refractivity contribution in [2.24, 2.45) is 0 Å². The second kappa shape index (κ2) is 9.78. The van der Waals surface area contributed by atoms with Crippen molar-refractivity contribution in [2.45, 2.75) is 12.4 Å². The lowest BCUT2D eigenvalue weighted by Crippen LogP contribution is -2.03. The van der Waals surface area contributed by atoms with Crippen LogP contribution in [0.2, 0.25) is 0 Å². The largest absolute Gasteiger partial charge is 0.489 e. The number of hydrogen-bond donors (Lipinski definition) is 0. The van der Waals surface area contributed by atoms with Crippen molar-refractivity contribution in [2.75, 3.05) is 12.9 Å². The summed E-state index contributed by atoms with van der Waals surface area (Å²) in [6.45, 7) is 0.501. The summed E-state index contributed by atoms with van der Waals surface area (Å²) in [5.41, 5.74) is 4.26. The Morgan fingerprint density at radius 2 is 1.85 bits per heavy atom. The molecule has 0 fully saturated rings. The van der Waals surface area contributed by atoms with Gasteiger partial charge in [-0.3, -0.25) is 9.78 Å². The van der Waals surface area contributed by atoms with E-state index in [1.54, 1.807) is 6.20 Å². The molecule has 27 heavy (non-hydrogen) atoms. The fourth-order valence-corrected chi connectivity index (χ4v) is 3.31. The summed E-state index contributed by atoms with van der Waals surface area (Å²) in [5.74, 6) is 1.71. The van der Waals surface area contributed by atoms with Gasteiger partial charge in [0.05, 0.1) is 18.6 Å². The molecule has 0 aliphatic heterocycles. The summed E-state index contributed by atoms with van der Waals surface area (Å²) < 4.78 is 10.6. The van der Waals surface area contributed by atoms with Crippen molar-refractivity contribution in [3.05, 3.63) is 84.1 Å². The van der Waals surface area contributed by atoms with Crippen LogP contribution in [0.1, 0.15) is 11.1 Å². The number of carbonyl (C=O) groups is 1. The second-order valence-electron chi connectivity index (χ2n) is 5.92. The fourth-order valence-electron chi connectivity index (χ4n) is 2.51. The average molecular weight is 379 g/mol. The molecule has 2 aromatic carbocycles. The number of pyridine rings is 1. The van der Waals surface area contributed by atoms with E-state index < -0.39 is 0 Å².